The lowest BCUT2D eigenvalue weighted by atomic mass is 10.3. The molecule has 3 aromatic carbocycles. The Morgan fingerprint density at radius 1 is 1.00 bits per heavy atom. The van der Waals surface area contributed by atoms with Crippen LogP contribution in [0, 0.1) is 10.1 Å². The van der Waals surface area contributed by atoms with Gasteiger partial charge in [-0.15, -0.1) is 0 Å². The van der Waals surface area contributed by atoms with Crippen LogP contribution >= 0.6 is 0 Å². The van der Waals surface area contributed by atoms with Crippen LogP contribution in [0.3, 0.4) is 0 Å². The van der Waals surface area contributed by atoms with Crippen LogP contribution in [0.1, 0.15) is 6.92 Å². The highest BCUT2D eigenvalue weighted by Gasteiger charge is 2.23. The van der Waals surface area contributed by atoms with Crippen molar-refractivity contribution in [3.8, 4) is 5.75 Å². The third-order valence-corrected chi connectivity index (χ3v) is 6.39. The number of para-hydroxylation sites is 1. The molecule has 0 saturated carbocycles. The van der Waals surface area contributed by atoms with Crippen LogP contribution in [0.2, 0.25) is 0 Å². The predicted octanol–water partition coefficient (Wildman–Crippen LogP) is 3.83. The molecule has 0 aromatic heterocycles. The van der Waals surface area contributed by atoms with Crippen LogP contribution < -0.4 is 14.4 Å². The minimum Gasteiger partial charge on any atom is -0.484 e. The Morgan fingerprint density at radius 2 is 1.62 bits per heavy atom. The van der Waals surface area contributed by atoms with Gasteiger partial charge in [-0.25, -0.2) is 8.42 Å². The number of nitrogens with zero attached hydrogens (tertiary/aromatic N) is 2. The molecule has 0 fully saturated rings. The molecule has 0 spiro atoms. The zero-order chi connectivity index (χ0) is 23.1. The molecule has 0 bridgehead atoms. The number of rotatable bonds is 9. The van der Waals surface area contributed by atoms with Crippen molar-refractivity contribution in [2.24, 2.45) is 0 Å². The van der Waals surface area contributed by atoms with E-state index < -0.39 is 20.9 Å². The second kappa shape index (κ2) is 9.92. The summed E-state index contributed by atoms with van der Waals surface area (Å²) in [5, 5.41) is 13.3. The summed E-state index contributed by atoms with van der Waals surface area (Å²) in [5.74, 6) is -0.147. The number of anilines is 2. The summed E-state index contributed by atoms with van der Waals surface area (Å²) < 4.78 is 32.6. The SMILES string of the molecule is CCN(c1ccccc1)S(=O)(=O)c1ccc(NC(=O)COc2ccc([N+](=O)[O-])cc2)cc1. The minimum atomic E-state index is -3.76. The molecule has 0 aliphatic heterocycles. The molecule has 32 heavy (non-hydrogen) atoms. The summed E-state index contributed by atoms with van der Waals surface area (Å²) in [6.45, 7) is 1.71. The fourth-order valence-corrected chi connectivity index (χ4v) is 4.41. The second-order valence-electron chi connectivity index (χ2n) is 6.62. The molecule has 1 N–H and O–H groups in total. The van der Waals surface area contributed by atoms with Crippen LogP contribution in [-0.4, -0.2) is 32.4 Å². The zero-order valence-electron chi connectivity index (χ0n) is 17.2. The molecule has 9 nitrogen and oxygen atoms in total. The first-order valence-corrected chi connectivity index (χ1v) is 11.1. The summed E-state index contributed by atoms with van der Waals surface area (Å²) >= 11 is 0. The summed E-state index contributed by atoms with van der Waals surface area (Å²) in [4.78, 5) is 22.3. The van der Waals surface area contributed by atoms with Crippen molar-refractivity contribution in [1.82, 2.24) is 0 Å². The van der Waals surface area contributed by atoms with E-state index in [9.17, 15) is 23.3 Å². The quantitative estimate of drug-likeness (QED) is 0.387. The van der Waals surface area contributed by atoms with E-state index >= 15 is 0 Å². The van der Waals surface area contributed by atoms with Crippen molar-refractivity contribution in [3.05, 3.63) is 89.0 Å². The molecule has 3 rings (SSSR count). The molecule has 0 unspecified atom stereocenters. The van der Waals surface area contributed by atoms with Gasteiger partial charge in [0.05, 0.1) is 15.5 Å². The van der Waals surface area contributed by atoms with Gasteiger partial charge in [0.2, 0.25) is 0 Å². The van der Waals surface area contributed by atoms with Crippen molar-refractivity contribution >= 4 is 33.0 Å². The fourth-order valence-electron chi connectivity index (χ4n) is 2.93. The van der Waals surface area contributed by atoms with Gasteiger partial charge in [-0.3, -0.25) is 19.2 Å². The second-order valence-corrected chi connectivity index (χ2v) is 8.48. The van der Waals surface area contributed by atoms with Gasteiger partial charge in [0.25, 0.3) is 21.6 Å². The number of nitro benzene ring substituents is 1. The highest BCUT2D eigenvalue weighted by atomic mass is 32.2. The molecule has 10 heteroatoms. The highest BCUT2D eigenvalue weighted by Crippen LogP contribution is 2.24. The Labute approximate surface area is 185 Å². The first-order valence-electron chi connectivity index (χ1n) is 9.66. The number of amides is 1. The number of hydrogen-bond acceptors (Lipinski definition) is 6. The Morgan fingerprint density at radius 3 is 2.19 bits per heavy atom. The van der Waals surface area contributed by atoms with Crippen LogP contribution in [-0.2, 0) is 14.8 Å². The number of non-ortho nitro benzene ring substituents is 1. The summed E-state index contributed by atoms with van der Waals surface area (Å²) in [7, 11) is -3.76. The molecule has 0 atom stereocenters. The molecule has 0 radical (unpaired) electrons. The maximum Gasteiger partial charge on any atom is 0.269 e. The highest BCUT2D eigenvalue weighted by molar-refractivity contribution is 7.92. The fraction of sp³-hybridized carbons (Fsp3) is 0.136. The van der Waals surface area contributed by atoms with E-state index in [1.807, 2.05) is 6.07 Å². The van der Waals surface area contributed by atoms with E-state index in [-0.39, 0.29) is 23.7 Å². The van der Waals surface area contributed by atoms with Crippen LogP contribution in [0.25, 0.3) is 0 Å². The third kappa shape index (κ3) is 5.41. The van der Waals surface area contributed by atoms with Gasteiger partial charge in [-0.05, 0) is 55.5 Å². The molecular weight excluding hydrogens is 434 g/mol. The molecule has 166 valence electrons. The van der Waals surface area contributed by atoms with Gasteiger partial charge in [0.15, 0.2) is 6.61 Å². The van der Waals surface area contributed by atoms with Crippen molar-refractivity contribution in [2.75, 3.05) is 22.8 Å². The molecule has 1 amide bonds. The normalized spacial score (nSPS) is 10.9. The van der Waals surface area contributed by atoms with E-state index in [1.54, 1.807) is 31.2 Å². The van der Waals surface area contributed by atoms with Crippen molar-refractivity contribution in [2.45, 2.75) is 11.8 Å². The maximum absolute atomic E-state index is 13.0. The topological polar surface area (TPSA) is 119 Å². The number of benzene rings is 3. The van der Waals surface area contributed by atoms with Crippen LogP contribution in [0.15, 0.2) is 83.8 Å². The van der Waals surface area contributed by atoms with E-state index in [2.05, 4.69) is 5.32 Å². The first kappa shape index (κ1) is 22.8. The van der Waals surface area contributed by atoms with Crippen molar-refractivity contribution < 1.29 is 22.9 Å². The molecule has 0 heterocycles. The van der Waals surface area contributed by atoms with Gasteiger partial charge in [-0.2, -0.15) is 0 Å². The van der Waals surface area contributed by atoms with Gasteiger partial charge in [-0.1, -0.05) is 18.2 Å². The Kier molecular flexibility index (Phi) is 7.06. The van der Waals surface area contributed by atoms with Gasteiger partial charge in [0, 0.05) is 24.4 Å². The van der Waals surface area contributed by atoms with E-state index in [0.29, 0.717) is 17.1 Å². The lowest BCUT2D eigenvalue weighted by Gasteiger charge is -2.23. The molecule has 0 saturated heterocycles. The molecule has 3 aromatic rings. The monoisotopic (exact) mass is 455 g/mol. The summed E-state index contributed by atoms with van der Waals surface area (Å²) in [6.07, 6.45) is 0. The average molecular weight is 455 g/mol. The standard InChI is InChI=1S/C22H21N3O6S/c1-2-24(18-6-4-3-5-7-18)32(29,30)21-14-8-17(9-15-21)23-22(26)16-31-20-12-10-19(11-13-20)25(27)28/h3-15H,2,16H2,1H3,(H,23,26). The largest absolute Gasteiger partial charge is 0.484 e. The van der Waals surface area contributed by atoms with E-state index in [1.165, 1.54) is 52.8 Å². The van der Waals surface area contributed by atoms with E-state index in [4.69, 9.17) is 4.74 Å². The Balaban J connectivity index is 1.62. The number of carbonyl (C=O) groups excluding carboxylic acids is 1. The molecular formula is C22H21N3O6S. The van der Waals surface area contributed by atoms with Crippen molar-refractivity contribution in [1.29, 1.82) is 0 Å². The lowest BCUT2D eigenvalue weighted by molar-refractivity contribution is -0.384. The Hall–Kier alpha value is -3.92. The van der Waals surface area contributed by atoms with Crippen LogP contribution in [0.4, 0.5) is 17.1 Å². The van der Waals surface area contributed by atoms with Crippen LogP contribution in [0.5, 0.6) is 5.75 Å². The lowest BCUT2D eigenvalue weighted by Crippen LogP contribution is -2.30. The minimum absolute atomic E-state index is 0.0780. The maximum atomic E-state index is 13.0. The van der Waals surface area contributed by atoms with Crippen molar-refractivity contribution in [3.63, 3.8) is 0 Å². The molecule has 0 aliphatic rings. The molecule has 0 aliphatic carbocycles. The number of sulfonamides is 1. The first-order chi connectivity index (χ1) is 15.3. The summed E-state index contributed by atoms with van der Waals surface area (Å²) in [6, 6.07) is 20.0. The number of hydrogen-bond donors (Lipinski definition) is 1. The van der Waals surface area contributed by atoms with Gasteiger partial charge >= 0.3 is 0 Å². The number of nitrogens with one attached hydrogen (secondary N) is 1. The average Bonchev–Trinajstić information content (AvgIpc) is 2.79. The zero-order valence-corrected chi connectivity index (χ0v) is 18.0. The van der Waals surface area contributed by atoms with Gasteiger partial charge in [0.1, 0.15) is 5.75 Å². The Bertz CT molecular complexity index is 1180. The van der Waals surface area contributed by atoms with E-state index in [0.717, 1.165) is 0 Å². The predicted molar refractivity (Wildman–Crippen MR) is 120 cm³/mol. The smallest absolute Gasteiger partial charge is 0.269 e. The summed E-state index contributed by atoms with van der Waals surface area (Å²) in [5.41, 5.74) is 0.894. The number of nitro groups is 1. The number of carbonyl (C=O) groups is 1. The van der Waals surface area contributed by atoms with Gasteiger partial charge < -0.3 is 10.1 Å². The number of ether oxygens (including phenoxy) is 1. The third-order valence-electron chi connectivity index (χ3n) is 4.47.